The lowest BCUT2D eigenvalue weighted by atomic mass is 9.95. The average molecular weight is 342 g/mol. The predicted octanol–water partition coefficient (Wildman–Crippen LogP) is 1.82. The molecule has 1 aromatic heterocycles. The third-order valence-corrected chi connectivity index (χ3v) is 4.75. The van der Waals surface area contributed by atoms with E-state index in [1.54, 1.807) is 4.57 Å². The van der Waals surface area contributed by atoms with E-state index in [4.69, 9.17) is 14.2 Å². The van der Waals surface area contributed by atoms with Crippen LogP contribution in [0.5, 0.6) is 5.88 Å². The molecule has 25 heavy (non-hydrogen) atoms. The van der Waals surface area contributed by atoms with Crippen LogP contribution in [0.15, 0.2) is 29.1 Å². The minimum atomic E-state index is -0.265. The Hall–Kier alpha value is -2.18. The number of hydrogen-bond acceptors (Lipinski definition) is 5. The van der Waals surface area contributed by atoms with Crippen molar-refractivity contribution in [1.29, 1.82) is 0 Å². The number of aryl methyl sites for hydroxylation is 2. The summed E-state index contributed by atoms with van der Waals surface area (Å²) in [4.78, 5) is 16.5. The highest BCUT2D eigenvalue weighted by atomic mass is 16.6. The number of benzene rings is 1. The summed E-state index contributed by atoms with van der Waals surface area (Å²) in [6.45, 7) is 4.83. The van der Waals surface area contributed by atoms with E-state index >= 15 is 0 Å². The standard InChI is InChI=1S/C19H22N2O4/c1-2-13-3-4-16-14(9-13)5-6-21-17(16)10-18(20-19(21)22)25-12-15-11-23-7-8-24-15/h3-4,9-10,15H,2,5-8,11-12H2,1H3. The summed E-state index contributed by atoms with van der Waals surface area (Å²) in [6, 6.07) is 8.31. The van der Waals surface area contributed by atoms with Gasteiger partial charge in [0.1, 0.15) is 12.7 Å². The first-order valence-corrected chi connectivity index (χ1v) is 8.81. The maximum absolute atomic E-state index is 12.4. The molecule has 6 nitrogen and oxygen atoms in total. The Bertz CT molecular complexity index is 825. The summed E-state index contributed by atoms with van der Waals surface area (Å²) in [6.07, 6.45) is 1.74. The number of hydrogen-bond donors (Lipinski definition) is 0. The molecule has 1 aromatic carbocycles. The molecule has 2 aromatic rings. The van der Waals surface area contributed by atoms with Crippen molar-refractivity contribution < 1.29 is 14.2 Å². The van der Waals surface area contributed by atoms with Gasteiger partial charge in [0.05, 0.1) is 25.5 Å². The van der Waals surface area contributed by atoms with Gasteiger partial charge in [-0.15, -0.1) is 0 Å². The molecule has 4 rings (SSSR count). The van der Waals surface area contributed by atoms with Crippen molar-refractivity contribution in [3.05, 3.63) is 45.9 Å². The summed E-state index contributed by atoms with van der Waals surface area (Å²) >= 11 is 0. The Labute approximate surface area is 146 Å². The smallest absolute Gasteiger partial charge is 0.351 e. The van der Waals surface area contributed by atoms with Gasteiger partial charge in [-0.25, -0.2) is 4.79 Å². The normalized spacial score (nSPS) is 19.2. The van der Waals surface area contributed by atoms with Gasteiger partial charge < -0.3 is 14.2 Å². The maximum atomic E-state index is 12.4. The van der Waals surface area contributed by atoms with E-state index in [1.807, 2.05) is 6.07 Å². The molecule has 1 saturated heterocycles. The fourth-order valence-corrected chi connectivity index (χ4v) is 3.37. The van der Waals surface area contributed by atoms with Gasteiger partial charge >= 0.3 is 5.69 Å². The summed E-state index contributed by atoms with van der Waals surface area (Å²) in [5.41, 5.74) is 4.29. The first-order chi connectivity index (χ1) is 12.2. The number of ether oxygens (including phenoxy) is 3. The SMILES string of the molecule is CCc1ccc2c(c1)CCn1c-2cc(OCC2COCCO2)nc1=O. The molecule has 0 bridgehead atoms. The molecule has 0 amide bonds. The first-order valence-electron chi connectivity index (χ1n) is 8.81. The van der Waals surface area contributed by atoms with Crippen LogP contribution in [-0.2, 0) is 28.9 Å². The van der Waals surface area contributed by atoms with Gasteiger partial charge in [-0.3, -0.25) is 4.57 Å². The minimum absolute atomic E-state index is 0.117. The third kappa shape index (κ3) is 3.32. The zero-order valence-corrected chi connectivity index (χ0v) is 14.4. The highest BCUT2D eigenvalue weighted by molar-refractivity contribution is 5.67. The predicted molar refractivity (Wildman–Crippen MR) is 93.1 cm³/mol. The van der Waals surface area contributed by atoms with E-state index in [9.17, 15) is 4.79 Å². The van der Waals surface area contributed by atoms with Crippen LogP contribution in [0.25, 0.3) is 11.3 Å². The topological polar surface area (TPSA) is 62.6 Å². The van der Waals surface area contributed by atoms with Crippen molar-refractivity contribution >= 4 is 0 Å². The molecular weight excluding hydrogens is 320 g/mol. The van der Waals surface area contributed by atoms with E-state index in [-0.39, 0.29) is 11.8 Å². The van der Waals surface area contributed by atoms with E-state index in [2.05, 4.69) is 30.1 Å². The van der Waals surface area contributed by atoms with Crippen LogP contribution < -0.4 is 10.4 Å². The largest absolute Gasteiger partial charge is 0.475 e. The molecule has 0 spiro atoms. The van der Waals surface area contributed by atoms with Crippen molar-refractivity contribution in [3.8, 4) is 17.1 Å². The Morgan fingerprint density at radius 3 is 3.04 bits per heavy atom. The monoisotopic (exact) mass is 342 g/mol. The second-order valence-corrected chi connectivity index (χ2v) is 6.39. The first kappa shape index (κ1) is 16.3. The fourth-order valence-electron chi connectivity index (χ4n) is 3.37. The molecule has 0 N–H and O–H groups in total. The molecule has 2 aliphatic heterocycles. The van der Waals surface area contributed by atoms with Gasteiger partial charge in [-0.1, -0.05) is 25.1 Å². The molecule has 6 heteroatoms. The second kappa shape index (κ2) is 6.98. The lowest BCUT2D eigenvalue weighted by molar-refractivity contribution is -0.102. The van der Waals surface area contributed by atoms with Crippen molar-refractivity contribution in [1.82, 2.24) is 9.55 Å². The lowest BCUT2D eigenvalue weighted by Crippen LogP contribution is -2.34. The second-order valence-electron chi connectivity index (χ2n) is 6.39. The Kier molecular flexibility index (Phi) is 4.55. The average Bonchev–Trinajstić information content (AvgIpc) is 2.66. The van der Waals surface area contributed by atoms with Crippen molar-refractivity contribution in [2.45, 2.75) is 32.4 Å². The van der Waals surface area contributed by atoms with Gasteiger partial charge in [0.15, 0.2) is 0 Å². The van der Waals surface area contributed by atoms with E-state index < -0.39 is 0 Å². The zero-order valence-electron chi connectivity index (χ0n) is 14.4. The molecule has 3 heterocycles. The quantitative estimate of drug-likeness (QED) is 0.848. The molecule has 1 unspecified atom stereocenters. The van der Waals surface area contributed by atoms with E-state index in [0.717, 1.165) is 24.1 Å². The van der Waals surface area contributed by atoms with Crippen LogP contribution in [0.3, 0.4) is 0 Å². The molecule has 0 radical (unpaired) electrons. The summed E-state index contributed by atoms with van der Waals surface area (Å²) < 4.78 is 18.4. The van der Waals surface area contributed by atoms with Crippen LogP contribution >= 0.6 is 0 Å². The van der Waals surface area contributed by atoms with Crippen molar-refractivity contribution in [2.75, 3.05) is 26.4 Å². The number of rotatable bonds is 4. The molecule has 2 aliphatic rings. The zero-order chi connectivity index (χ0) is 17.2. The molecular formula is C19H22N2O4. The lowest BCUT2D eigenvalue weighted by Gasteiger charge is -2.24. The summed E-state index contributed by atoms with van der Waals surface area (Å²) in [5.74, 6) is 0.345. The van der Waals surface area contributed by atoms with Gasteiger partial charge in [-0.2, -0.15) is 4.98 Å². The Balaban J connectivity index is 1.61. The molecule has 132 valence electrons. The highest BCUT2D eigenvalue weighted by Crippen LogP contribution is 2.30. The van der Waals surface area contributed by atoms with Gasteiger partial charge in [0.2, 0.25) is 5.88 Å². The molecule has 1 fully saturated rings. The molecule has 1 atom stereocenters. The van der Waals surface area contributed by atoms with Crippen LogP contribution in [0.1, 0.15) is 18.1 Å². The highest BCUT2D eigenvalue weighted by Gasteiger charge is 2.20. The van der Waals surface area contributed by atoms with Gasteiger partial charge in [0.25, 0.3) is 0 Å². The van der Waals surface area contributed by atoms with E-state index in [0.29, 0.717) is 38.9 Å². The third-order valence-electron chi connectivity index (χ3n) is 4.75. The number of nitrogens with zero attached hydrogens (tertiary/aromatic N) is 2. The number of fused-ring (bicyclic) bond motifs is 3. The van der Waals surface area contributed by atoms with Crippen LogP contribution in [0, 0.1) is 0 Å². The van der Waals surface area contributed by atoms with Crippen LogP contribution in [-0.4, -0.2) is 42.1 Å². The fraction of sp³-hybridized carbons (Fsp3) is 0.474. The summed E-state index contributed by atoms with van der Waals surface area (Å²) in [7, 11) is 0. The van der Waals surface area contributed by atoms with Crippen molar-refractivity contribution in [2.24, 2.45) is 0 Å². The van der Waals surface area contributed by atoms with Crippen LogP contribution in [0.2, 0.25) is 0 Å². The maximum Gasteiger partial charge on any atom is 0.351 e. The van der Waals surface area contributed by atoms with Crippen molar-refractivity contribution in [3.63, 3.8) is 0 Å². The minimum Gasteiger partial charge on any atom is -0.475 e. The molecule has 0 saturated carbocycles. The number of aromatic nitrogens is 2. The van der Waals surface area contributed by atoms with Gasteiger partial charge in [-0.05, 0) is 24.0 Å². The van der Waals surface area contributed by atoms with Crippen LogP contribution in [0.4, 0.5) is 0 Å². The Morgan fingerprint density at radius 2 is 2.24 bits per heavy atom. The van der Waals surface area contributed by atoms with E-state index in [1.165, 1.54) is 11.1 Å². The van der Waals surface area contributed by atoms with Gasteiger partial charge in [0, 0.05) is 18.2 Å². The summed E-state index contributed by atoms with van der Waals surface area (Å²) in [5, 5.41) is 0. The molecule has 0 aliphatic carbocycles. The Morgan fingerprint density at radius 1 is 1.32 bits per heavy atom.